The summed E-state index contributed by atoms with van der Waals surface area (Å²) in [5.74, 6) is 5.06. The second kappa shape index (κ2) is 5.27. The van der Waals surface area contributed by atoms with Gasteiger partial charge in [-0.2, -0.15) is 11.8 Å². The summed E-state index contributed by atoms with van der Waals surface area (Å²) in [7, 11) is 0. The Labute approximate surface area is 123 Å². The minimum Gasteiger partial charge on any atom is -0.235 e. The first-order chi connectivity index (χ1) is 8.25. The van der Waals surface area contributed by atoms with Crippen LogP contribution in [0.15, 0.2) is 4.47 Å². The van der Waals surface area contributed by atoms with Crippen LogP contribution < -0.4 is 0 Å². The van der Waals surface area contributed by atoms with Crippen LogP contribution in [0.2, 0.25) is 5.15 Å². The third kappa shape index (κ3) is 2.77. The minimum atomic E-state index is 0.414. The molecular formula is C11H12BrClN2S2. The molecule has 17 heavy (non-hydrogen) atoms. The van der Waals surface area contributed by atoms with E-state index in [9.17, 15) is 0 Å². The van der Waals surface area contributed by atoms with Gasteiger partial charge in [0.05, 0.1) is 15.4 Å². The Morgan fingerprint density at radius 1 is 1.24 bits per heavy atom. The van der Waals surface area contributed by atoms with E-state index in [0.717, 1.165) is 21.7 Å². The average Bonchev–Trinajstić information content (AvgIpc) is 3.18. The molecule has 3 rings (SSSR count). The lowest BCUT2D eigenvalue weighted by molar-refractivity contribution is 0.864. The highest BCUT2D eigenvalue weighted by Gasteiger charge is 2.30. The zero-order chi connectivity index (χ0) is 11.8. The lowest BCUT2D eigenvalue weighted by Gasteiger charge is -2.20. The second-order valence-corrected chi connectivity index (χ2v) is 7.89. The molecule has 2 aliphatic rings. The Morgan fingerprint density at radius 3 is 2.71 bits per heavy atom. The fourth-order valence-electron chi connectivity index (χ4n) is 1.86. The summed E-state index contributed by atoms with van der Waals surface area (Å²) in [6.07, 6.45) is 2.47. The highest BCUT2D eigenvalue weighted by molar-refractivity contribution is 9.10. The normalized spacial score (nSPS) is 24.9. The summed E-state index contributed by atoms with van der Waals surface area (Å²) in [6.45, 7) is 0. The summed E-state index contributed by atoms with van der Waals surface area (Å²) in [6, 6.07) is 0. The summed E-state index contributed by atoms with van der Waals surface area (Å²) in [5, 5.41) is 0.991. The smallest absolute Gasteiger partial charge is 0.147 e. The van der Waals surface area contributed by atoms with E-state index in [1.54, 1.807) is 0 Å². The van der Waals surface area contributed by atoms with Crippen molar-refractivity contribution in [2.45, 2.75) is 24.0 Å². The van der Waals surface area contributed by atoms with Crippen molar-refractivity contribution in [3.63, 3.8) is 0 Å². The SMILES string of the molecule is Clc1nc(C2CSCCS2)nc(C2CC2)c1Br. The van der Waals surface area contributed by atoms with Gasteiger partial charge in [-0.05, 0) is 28.8 Å². The summed E-state index contributed by atoms with van der Waals surface area (Å²) >= 11 is 13.6. The molecule has 0 radical (unpaired) electrons. The van der Waals surface area contributed by atoms with E-state index in [-0.39, 0.29) is 0 Å². The van der Waals surface area contributed by atoms with Crippen molar-refractivity contribution in [1.82, 2.24) is 9.97 Å². The second-order valence-electron chi connectivity index (χ2n) is 4.28. The standard InChI is InChI=1S/C11H12BrClN2S2/c12-8-9(6-1-2-6)14-11(15-10(8)13)7-5-16-3-4-17-7/h6-7H,1-5H2. The van der Waals surface area contributed by atoms with E-state index < -0.39 is 0 Å². The molecule has 0 bridgehead atoms. The Kier molecular flexibility index (Phi) is 3.90. The van der Waals surface area contributed by atoms with Crippen LogP contribution in [-0.2, 0) is 0 Å². The minimum absolute atomic E-state index is 0.414. The maximum Gasteiger partial charge on any atom is 0.147 e. The number of halogens is 2. The third-order valence-corrected chi connectivity index (χ3v) is 6.96. The van der Waals surface area contributed by atoms with E-state index in [2.05, 4.69) is 20.9 Å². The highest BCUT2D eigenvalue weighted by atomic mass is 79.9. The van der Waals surface area contributed by atoms with Crippen LogP contribution in [0.5, 0.6) is 0 Å². The molecule has 1 saturated heterocycles. The molecule has 1 aromatic rings. The highest BCUT2D eigenvalue weighted by Crippen LogP contribution is 2.45. The first kappa shape index (κ1) is 12.6. The van der Waals surface area contributed by atoms with Gasteiger partial charge in [-0.3, -0.25) is 0 Å². The molecule has 0 spiro atoms. The summed E-state index contributed by atoms with van der Waals surface area (Å²) in [4.78, 5) is 9.18. The predicted molar refractivity (Wildman–Crippen MR) is 79.2 cm³/mol. The van der Waals surface area contributed by atoms with Crippen molar-refractivity contribution in [2.24, 2.45) is 0 Å². The van der Waals surface area contributed by atoms with Gasteiger partial charge in [-0.15, -0.1) is 11.8 Å². The molecule has 1 aromatic heterocycles. The molecule has 2 heterocycles. The Hall–Kier alpha value is 0.550. The maximum absolute atomic E-state index is 6.20. The van der Waals surface area contributed by atoms with Crippen LogP contribution in [0.25, 0.3) is 0 Å². The topological polar surface area (TPSA) is 25.8 Å². The van der Waals surface area contributed by atoms with E-state index in [1.165, 1.54) is 24.3 Å². The van der Waals surface area contributed by atoms with Crippen LogP contribution in [0.1, 0.15) is 35.5 Å². The molecule has 1 saturated carbocycles. The van der Waals surface area contributed by atoms with Crippen LogP contribution in [0.3, 0.4) is 0 Å². The van der Waals surface area contributed by atoms with Crippen molar-refractivity contribution in [1.29, 1.82) is 0 Å². The number of nitrogens with zero attached hydrogens (tertiary/aromatic N) is 2. The number of thioether (sulfide) groups is 2. The zero-order valence-corrected chi connectivity index (χ0v) is 13.1. The van der Waals surface area contributed by atoms with Crippen LogP contribution in [-0.4, -0.2) is 27.2 Å². The maximum atomic E-state index is 6.20. The fraction of sp³-hybridized carbons (Fsp3) is 0.636. The van der Waals surface area contributed by atoms with Gasteiger partial charge >= 0.3 is 0 Å². The molecule has 1 aliphatic heterocycles. The molecule has 92 valence electrons. The van der Waals surface area contributed by atoms with Crippen molar-refractivity contribution in [2.75, 3.05) is 17.3 Å². The van der Waals surface area contributed by atoms with Gasteiger partial charge in [-0.1, -0.05) is 11.6 Å². The van der Waals surface area contributed by atoms with Crippen LogP contribution >= 0.6 is 51.1 Å². The van der Waals surface area contributed by atoms with Gasteiger partial charge in [0.15, 0.2) is 0 Å². The van der Waals surface area contributed by atoms with E-state index >= 15 is 0 Å². The summed E-state index contributed by atoms with van der Waals surface area (Å²) in [5.41, 5.74) is 1.12. The van der Waals surface area contributed by atoms with Crippen LogP contribution in [0.4, 0.5) is 0 Å². The van der Waals surface area contributed by atoms with Gasteiger partial charge in [0.1, 0.15) is 11.0 Å². The monoisotopic (exact) mass is 350 g/mol. The Morgan fingerprint density at radius 2 is 2.06 bits per heavy atom. The first-order valence-corrected chi connectivity index (χ1v) is 9.05. The zero-order valence-electron chi connectivity index (χ0n) is 9.16. The number of hydrogen-bond donors (Lipinski definition) is 0. The predicted octanol–water partition coefficient (Wildman–Crippen LogP) is 4.29. The van der Waals surface area contributed by atoms with Crippen molar-refractivity contribution in [3.05, 3.63) is 21.1 Å². The van der Waals surface area contributed by atoms with E-state index in [0.29, 0.717) is 16.3 Å². The molecule has 6 heteroatoms. The Balaban J connectivity index is 1.93. The lowest BCUT2D eigenvalue weighted by atomic mass is 10.3. The average molecular weight is 352 g/mol. The molecule has 0 N–H and O–H groups in total. The third-order valence-electron chi connectivity index (χ3n) is 2.92. The Bertz CT molecular complexity index is 434. The largest absolute Gasteiger partial charge is 0.235 e. The van der Waals surface area contributed by atoms with Gasteiger partial charge in [0.25, 0.3) is 0 Å². The quantitative estimate of drug-likeness (QED) is 0.742. The van der Waals surface area contributed by atoms with Gasteiger partial charge in [0, 0.05) is 23.2 Å². The number of hydrogen-bond acceptors (Lipinski definition) is 4. The molecule has 1 aliphatic carbocycles. The number of rotatable bonds is 2. The first-order valence-electron chi connectivity index (χ1n) is 5.68. The lowest BCUT2D eigenvalue weighted by Crippen LogP contribution is -2.11. The molecule has 1 unspecified atom stereocenters. The molecule has 2 fully saturated rings. The van der Waals surface area contributed by atoms with Gasteiger partial charge in [0.2, 0.25) is 0 Å². The van der Waals surface area contributed by atoms with E-state index in [1.807, 2.05) is 23.5 Å². The van der Waals surface area contributed by atoms with Crippen molar-refractivity contribution >= 4 is 51.1 Å². The van der Waals surface area contributed by atoms with Gasteiger partial charge < -0.3 is 0 Å². The van der Waals surface area contributed by atoms with Crippen molar-refractivity contribution in [3.8, 4) is 0 Å². The van der Waals surface area contributed by atoms with Gasteiger partial charge in [-0.25, -0.2) is 9.97 Å². The molecule has 2 nitrogen and oxygen atoms in total. The van der Waals surface area contributed by atoms with Crippen molar-refractivity contribution < 1.29 is 0 Å². The molecule has 0 aromatic carbocycles. The molecule has 1 atom stereocenters. The fourth-order valence-corrected chi connectivity index (χ4v) is 5.14. The summed E-state index contributed by atoms with van der Waals surface area (Å²) < 4.78 is 0.902. The van der Waals surface area contributed by atoms with Crippen LogP contribution in [0, 0.1) is 0 Å². The molecule has 0 amide bonds. The molecular weight excluding hydrogens is 340 g/mol. The van der Waals surface area contributed by atoms with E-state index in [4.69, 9.17) is 16.6 Å². The number of aromatic nitrogens is 2.